The normalized spacial score (nSPS) is 11.9. The number of nitrogens with two attached hydrogens (primary N) is 1. The van der Waals surface area contributed by atoms with Gasteiger partial charge in [-0.25, -0.2) is 4.98 Å². The molecular formula is C19H19N3. The first-order chi connectivity index (χ1) is 10.7. The zero-order valence-corrected chi connectivity index (χ0v) is 12.5. The molecule has 2 aromatic carbocycles. The van der Waals surface area contributed by atoms with Crippen molar-refractivity contribution < 1.29 is 0 Å². The van der Waals surface area contributed by atoms with Gasteiger partial charge in [0.05, 0.1) is 6.04 Å². The number of aryl methyl sites for hydroxylation is 1. The van der Waals surface area contributed by atoms with Crippen LogP contribution >= 0.6 is 0 Å². The summed E-state index contributed by atoms with van der Waals surface area (Å²) in [6.07, 6.45) is 0. The maximum atomic E-state index is 6.36. The highest BCUT2D eigenvalue weighted by molar-refractivity contribution is 5.56. The number of nitrogens with one attached hydrogen (secondary N) is 1. The largest absolute Gasteiger partial charge is 0.340 e. The lowest BCUT2D eigenvalue weighted by atomic mass is 9.98. The minimum absolute atomic E-state index is 0.153. The van der Waals surface area contributed by atoms with E-state index in [2.05, 4.69) is 10.3 Å². The quantitative estimate of drug-likeness (QED) is 0.757. The van der Waals surface area contributed by atoms with Gasteiger partial charge in [0, 0.05) is 11.4 Å². The van der Waals surface area contributed by atoms with Gasteiger partial charge in [-0.15, -0.1) is 0 Å². The van der Waals surface area contributed by atoms with E-state index in [-0.39, 0.29) is 6.04 Å². The molecular weight excluding hydrogens is 270 g/mol. The van der Waals surface area contributed by atoms with Gasteiger partial charge in [-0.3, -0.25) is 0 Å². The smallest absolute Gasteiger partial charge is 0.130 e. The molecule has 0 spiro atoms. The fourth-order valence-electron chi connectivity index (χ4n) is 2.48. The average Bonchev–Trinajstić information content (AvgIpc) is 2.56. The van der Waals surface area contributed by atoms with Crippen molar-refractivity contribution in [3.8, 4) is 0 Å². The van der Waals surface area contributed by atoms with E-state index in [1.807, 2.05) is 79.7 Å². The lowest BCUT2D eigenvalue weighted by Crippen LogP contribution is -2.14. The van der Waals surface area contributed by atoms with E-state index in [4.69, 9.17) is 5.73 Å². The van der Waals surface area contributed by atoms with Crippen LogP contribution in [0.2, 0.25) is 0 Å². The Labute approximate surface area is 130 Å². The summed E-state index contributed by atoms with van der Waals surface area (Å²) < 4.78 is 0. The Morgan fingerprint density at radius 1 is 0.864 bits per heavy atom. The molecule has 0 aliphatic heterocycles. The highest BCUT2D eigenvalue weighted by Gasteiger charge is 2.12. The van der Waals surface area contributed by atoms with Crippen molar-refractivity contribution >= 4 is 11.5 Å². The predicted molar refractivity (Wildman–Crippen MR) is 91.2 cm³/mol. The number of pyridine rings is 1. The van der Waals surface area contributed by atoms with Crippen LogP contribution in [0.3, 0.4) is 0 Å². The Bertz CT molecular complexity index is 739. The Kier molecular flexibility index (Phi) is 4.17. The lowest BCUT2D eigenvalue weighted by Gasteiger charge is -2.16. The highest BCUT2D eigenvalue weighted by atomic mass is 15.0. The maximum Gasteiger partial charge on any atom is 0.130 e. The Morgan fingerprint density at radius 3 is 2.14 bits per heavy atom. The van der Waals surface area contributed by atoms with E-state index in [1.54, 1.807) is 0 Å². The molecule has 1 aromatic heterocycles. The molecule has 1 heterocycles. The number of hydrogen-bond donors (Lipinski definition) is 2. The molecule has 0 fully saturated rings. The Morgan fingerprint density at radius 2 is 1.50 bits per heavy atom. The summed E-state index contributed by atoms with van der Waals surface area (Å²) >= 11 is 0. The van der Waals surface area contributed by atoms with E-state index in [0.717, 1.165) is 28.3 Å². The van der Waals surface area contributed by atoms with Crippen LogP contribution in [-0.4, -0.2) is 4.98 Å². The fraction of sp³-hybridized carbons (Fsp3) is 0.105. The molecule has 3 heteroatoms. The molecule has 0 saturated carbocycles. The molecule has 3 nitrogen and oxygen atoms in total. The van der Waals surface area contributed by atoms with Crippen LogP contribution in [0, 0.1) is 6.92 Å². The predicted octanol–water partition coefficient (Wildman–Crippen LogP) is 4.18. The first-order valence-corrected chi connectivity index (χ1v) is 7.34. The minimum Gasteiger partial charge on any atom is -0.340 e. The van der Waals surface area contributed by atoms with Gasteiger partial charge in [0.25, 0.3) is 0 Å². The van der Waals surface area contributed by atoms with E-state index >= 15 is 0 Å². The van der Waals surface area contributed by atoms with Crippen LogP contribution in [-0.2, 0) is 0 Å². The molecule has 0 radical (unpaired) electrons. The number of anilines is 2. The van der Waals surface area contributed by atoms with Gasteiger partial charge in [0.1, 0.15) is 5.82 Å². The molecule has 1 atom stereocenters. The minimum atomic E-state index is -0.153. The topological polar surface area (TPSA) is 50.9 Å². The van der Waals surface area contributed by atoms with Gasteiger partial charge in [-0.05, 0) is 36.2 Å². The molecule has 0 unspecified atom stereocenters. The third-order valence-electron chi connectivity index (χ3n) is 3.67. The van der Waals surface area contributed by atoms with Gasteiger partial charge in [0.2, 0.25) is 0 Å². The van der Waals surface area contributed by atoms with Gasteiger partial charge in [-0.1, -0.05) is 54.6 Å². The SMILES string of the molecule is Cc1nc(Nc2ccccc2)ccc1[C@@H](N)c1ccccc1. The van der Waals surface area contributed by atoms with Crippen molar-refractivity contribution in [2.24, 2.45) is 5.73 Å². The van der Waals surface area contributed by atoms with Crippen LogP contribution in [0.15, 0.2) is 72.8 Å². The molecule has 0 aliphatic rings. The van der Waals surface area contributed by atoms with Gasteiger partial charge >= 0.3 is 0 Å². The standard InChI is InChI=1S/C19H19N3/c1-14-17(19(20)15-8-4-2-5-9-15)12-13-18(21-14)22-16-10-6-3-7-11-16/h2-13,19H,20H2,1H3,(H,21,22)/t19-/m0/s1. The number of rotatable bonds is 4. The Hall–Kier alpha value is -2.65. The monoisotopic (exact) mass is 289 g/mol. The van der Waals surface area contributed by atoms with Gasteiger partial charge in [-0.2, -0.15) is 0 Å². The molecule has 0 amide bonds. The molecule has 22 heavy (non-hydrogen) atoms. The van der Waals surface area contributed by atoms with Crippen LogP contribution in [0.5, 0.6) is 0 Å². The zero-order chi connectivity index (χ0) is 15.4. The number of para-hydroxylation sites is 1. The van der Waals surface area contributed by atoms with Gasteiger partial charge in [0.15, 0.2) is 0 Å². The van der Waals surface area contributed by atoms with Crippen molar-refractivity contribution in [2.75, 3.05) is 5.32 Å². The molecule has 3 aromatic rings. The van der Waals surface area contributed by atoms with Crippen molar-refractivity contribution in [2.45, 2.75) is 13.0 Å². The lowest BCUT2D eigenvalue weighted by molar-refractivity contribution is 0.849. The fourth-order valence-corrected chi connectivity index (χ4v) is 2.48. The summed E-state index contributed by atoms with van der Waals surface area (Å²) in [4.78, 5) is 4.62. The molecule has 0 saturated heterocycles. The number of hydrogen-bond acceptors (Lipinski definition) is 3. The van der Waals surface area contributed by atoms with Crippen LogP contribution in [0.1, 0.15) is 22.9 Å². The van der Waals surface area contributed by atoms with Crippen LogP contribution in [0.25, 0.3) is 0 Å². The molecule has 3 rings (SSSR count). The summed E-state index contributed by atoms with van der Waals surface area (Å²) in [7, 11) is 0. The first-order valence-electron chi connectivity index (χ1n) is 7.34. The number of benzene rings is 2. The van der Waals surface area contributed by atoms with Crippen LogP contribution < -0.4 is 11.1 Å². The number of aromatic nitrogens is 1. The molecule has 0 aliphatic carbocycles. The molecule has 110 valence electrons. The average molecular weight is 289 g/mol. The second-order valence-corrected chi connectivity index (χ2v) is 5.25. The van der Waals surface area contributed by atoms with E-state index < -0.39 is 0 Å². The molecule has 0 bridgehead atoms. The van der Waals surface area contributed by atoms with Crippen molar-refractivity contribution in [3.05, 3.63) is 89.6 Å². The number of nitrogens with zero attached hydrogens (tertiary/aromatic N) is 1. The summed E-state index contributed by atoms with van der Waals surface area (Å²) in [5.74, 6) is 0.827. The summed E-state index contributed by atoms with van der Waals surface area (Å²) in [6.45, 7) is 1.99. The van der Waals surface area contributed by atoms with Crippen LogP contribution in [0.4, 0.5) is 11.5 Å². The van der Waals surface area contributed by atoms with Crippen molar-refractivity contribution in [1.82, 2.24) is 4.98 Å². The molecule has 3 N–H and O–H groups in total. The Balaban J connectivity index is 1.83. The van der Waals surface area contributed by atoms with Crippen molar-refractivity contribution in [3.63, 3.8) is 0 Å². The van der Waals surface area contributed by atoms with Crippen molar-refractivity contribution in [1.29, 1.82) is 0 Å². The third kappa shape index (κ3) is 3.15. The summed E-state index contributed by atoms with van der Waals surface area (Å²) in [5, 5.41) is 3.30. The third-order valence-corrected chi connectivity index (χ3v) is 3.67. The van der Waals surface area contributed by atoms with E-state index in [1.165, 1.54) is 0 Å². The first kappa shape index (κ1) is 14.3. The van der Waals surface area contributed by atoms with Gasteiger partial charge < -0.3 is 11.1 Å². The summed E-state index contributed by atoms with van der Waals surface area (Å²) in [5.41, 5.74) is 10.5. The highest BCUT2D eigenvalue weighted by Crippen LogP contribution is 2.24. The second-order valence-electron chi connectivity index (χ2n) is 5.25. The van der Waals surface area contributed by atoms with E-state index in [0.29, 0.717) is 0 Å². The second kappa shape index (κ2) is 6.41. The van der Waals surface area contributed by atoms with E-state index in [9.17, 15) is 0 Å². The zero-order valence-electron chi connectivity index (χ0n) is 12.5. The summed E-state index contributed by atoms with van der Waals surface area (Å²) in [6, 6.07) is 24.0. The maximum absolute atomic E-state index is 6.36.